The minimum absolute atomic E-state index is 0.195. The molecule has 0 aliphatic rings. The number of aromatic nitrogens is 2. The molecule has 1 aromatic carbocycles. The van der Waals surface area contributed by atoms with Crippen molar-refractivity contribution < 1.29 is 4.74 Å². The lowest BCUT2D eigenvalue weighted by Gasteiger charge is -2.24. The highest BCUT2D eigenvalue weighted by Crippen LogP contribution is 2.18. The van der Waals surface area contributed by atoms with Gasteiger partial charge in [-0.25, -0.2) is 0 Å². The maximum atomic E-state index is 5.71. The van der Waals surface area contributed by atoms with Gasteiger partial charge in [0.2, 0.25) is 0 Å². The molecule has 2 N–H and O–H groups in total. The Morgan fingerprint density at radius 2 is 2.15 bits per heavy atom. The first-order chi connectivity index (χ1) is 13.0. The average Bonchev–Trinajstić information content (AvgIpc) is 3.09. The number of aliphatic imine (C=N–C) groups is 1. The molecule has 0 aliphatic heterocycles. The van der Waals surface area contributed by atoms with E-state index in [1.165, 1.54) is 0 Å². The Balaban J connectivity index is 1.95. The minimum Gasteiger partial charge on any atom is -0.489 e. The quantitative estimate of drug-likeness (QED) is 0.401. The van der Waals surface area contributed by atoms with Crippen molar-refractivity contribution in [3.8, 4) is 5.75 Å². The van der Waals surface area contributed by atoms with Crippen LogP contribution in [0, 0.1) is 0 Å². The van der Waals surface area contributed by atoms with Crippen LogP contribution in [0.4, 0.5) is 0 Å². The summed E-state index contributed by atoms with van der Waals surface area (Å²) in [5.74, 6) is 1.59. The maximum Gasteiger partial charge on any atom is 0.191 e. The fraction of sp³-hybridized carbons (Fsp3) is 0.400. The van der Waals surface area contributed by atoms with E-state index in [2.05, 4.69) is 46.3 Å². The lowest BCUT2D eigenvalue weighted by molar-refractivity contribution is 0.298. The van der Waals surface area contributed by atoms with E-state index in [9.17, 15) is 0 Å². The third kappa shape index (κ3) is 6.14. The smallest absolute Gasteiger partial charge is 0.191 e. The van der Waals surface area contributed by atoms with Crippen LogP contribution in [-0.2, 0) is 13.6 Å². The van der Waals surface area contributed by atoms with Crippen LogP contribution in [0.1, 0.15) is 17.2 Å². The molecule has 1 heterocycles. The largest absolute Gasteiger partial charge is 0.489 e. The summed E-state index contributed by atoms with van der Waals surface area (Å²) in [5.41, 5.74) is 2.23. The molecule has 2 rings (SSSR count). The summed E-state index contributed by atoms with van der Waals surface area (Å²) in [6.45, 7) is 5.51. The van der Waals surface area contributed by atoms with Crippen LogP contribution in [0.2, 0.25) is 0 Å². The van der Waals surface area contributed by atoms with Crippen LogP contribution in [0.25, 0.3) is 0 Å². The van der Waals surface area contributed by atoms with Gasteiger partial charge in [-0.1, -0.05) is 30.9 Å². The van der Waals surface area contributed by atoms with E-state index in [0.717, 1.165) is 22.8 Å². The van der Waals surface area contributed by atoms with Crippen molar-refractivity contribution in [2.75, 3.05) is 34.3 Å². The van der Waals surface area contributed by atoms with Crippen LogP contribution in [0.3, 0.4) is 0 Å². The molecule has 0 amide bonds. The number of benzene rings is 1. The fourth-order valence-corrected chi connectivity index (χ4v) is 2.74. The molecule has 7 nitrogen and oxygen atoms in total. The van der Waals surface area contributed by atoms with Gasteiger partial charge < -0.3 is 20.3 Å². The Hall–Kier alpha value is -2.80. The normalized spacial score (nSPS) is 12.7. The van der Waals surface area contributed by atoms with Crippen LogP contribution in [0.5, 0.6) is 5.75 Å². The molecular formula is C20H30N6O. The van der Waals surface area contributed by atoms with E-state index >= 15 is 0 Å². The SMILES string of the molecule is C=CCOc1ccccc1CNC(=NC)NCC(c1cnn(C)c1)N(C)C. The first kappa shape index (κ1) is 20.5. The average molecular weight is 371 g/mol. The third-order valence-electron chi connectivity index (χ3n) is 4.20. The van der Waals surface area contributed by atoms with E-state index in [0.29, 0.717) is 19.7 Å². The molecule has 1 unspecified atom stereocenters. The van der Waals surface area contributed by atoms with E-state index < -0.39 is 0 Å². The van der Waals surface area contributed by atoms with Crippen molar-refractivity contribution in [2.24, 2.45) is 12.0 Å². The van der Waals surface area contributed by atoms with Crippen molar-refractivity contribution in [2.45, 2.75) is 12.6 Å². The van der Waals surface area contributed by atoms with E-state index in [1.54, 1.807) is 13.1 Å². The summed E-state index contributed by atoms with van der Waals surface area (Å²) >= 11 is 0. The summed E-state index contributed by atoms with van der Waals surface area (Å²) in [4.78, 5) is 6.49. The second-order valence-electron chi connectivity index (χ2n) is 6.44. The van der Waals surface area contributed by atoms with Gasteiger partial charge in [0, 0.05) is 44.5 Å². The van der Waals surface area contributed by atoms with Gasteiger partial charge in [0.25, 0.3) is 0 Å². The highest BCUT2D eigenvalue weighted by molar-refractivity contribution is 5.79. The zero-order valence-corrected chi connectivity index (χ0v) is 16.6. The van der Waals surface area contributed by atoms with E-state index in [-0.39, 0.29) is 6.04 Å². The Bertz CT molecular complexity index is 752. The standard InChI is InChI=1S/C20H30N6O/c1-6-11-27-19-10-8-7-9-16(19)12-22-20(21-2)23-14-18(25(3)4)17-13-24-26(5)15-17/h6-10,13,15,18H,1,11-12,14H2,2-5H3,(H2,21,22,23). The number of aryl methyl sites for hydroxylation is 1. The highest BCUT2D eigenvalue weighted by atomic mass is 16.5. The summed E-state index contributed by atoms with van der Waals surface area (Å²) in [6, 6.07) is 8.15. The summed E-state index contributed by atoms with van der Waals surface area (Å²) in [5, 5.41) is 11.0. The maximum absolute atomic E-state index is 5.71. The number of nitrogens with zero attached hydrogens (tertiary/aromatic N) is 4. The van der Waals surface area contributed by atoms with Crippen molar-refractivity contribution in [3.05, 3.63) is 60.4 Å². The lowest BCUT2D eigenvalue weighted by Crippen LogP contribution is -2.41. The Labute approximate surface area is 161 Å². The number of para-hydroxylation sites is 1. The number of nitrogens with one attached hydrogen (secondary N) is 2. The predicted octanol–water partition coefficient (Wildman–Crippen LogP) is 1.95. The molecule has 0 bridgehead atoms. The van der Waals surface area contributed by atoms with Crippen molar-refractivity contribution in [1.29, 1.82) is 0 Å². The molecule has 27 heavy (non-hydrogen) atoms. The van der Waals surface area contributed by atoms with Gasteiger partial charge in [0.15, 0.2) is 5.96 Å². The highest BCUT2D eigenvalue weighted by Gasteiger charge is 2.16. The first-order valence-corrected chi connectivity index (χ1v) is 8.96. The fourth-order valence-electron chi connectivity index (χ4n) is 2.74. The number of guanidine groups is 1. The van der Waals surface area contributed by atoms with Crippen LogP contribution in [-0.4, -0.2) is 54.9 Å². The van der Waals surface area contributed by atoms with Crippen LogP contribution >= 0.6 is 0 Å². The van der Waals surface area contributed by atoms with Crippen LogP contribution < -0.4 is 15.4 Å². The van der Waals surface area contributed by atoms with Gasteiger partial charge in [-0.05, 0) is 20.2 Å². The molecule has 7 heteroatoms. The topological polar surface area (TPSA) is 66.7 Å². The monoisotopic (exact) mass is 370 g/mol. The van der Waals surface area contributed by atoms with E-state index in [1.807, 2.05) is 48.4 Å². The number of rotatable bonds is 9. The molecule has 0 saturated heterocycles. The van der Waals surface area contributed by atoms with Gasteiger partial charge in [-0.2, -0.15) is 5.10 Å². The van der Waals surface area contributed by atoms with Gasteiger partial charge in [-0.3, -0.25) is 9.67 Å². The van der Waals surface area contributed by atoms with Crippen molar-refractivity contribution in [3.63, 3.8) is 0 Å². The molecule has 1 aromatic heterocycles. The molecule has 0 radical (unpaired) electrons. The van der Waals surface area contributed by atoms with Gasteiger partial charge in [0.1, 0.15) is 12.4 Å². The van der Waals surface area contributed by atoms with E-state index in [4.69, 9.17) is 4.74 Å². The Kier molecular flexibility index (Phi) is 7.88. The second kappa shape index (κ2) is 10.4. The molecule has 146 valence electrons. The van der Waals surface area contributed by atoms with Crippen LogP contribution in [0.15, 0.2) is 54.3 Å². The number of hydrogen-bond donors (Lipinski definition) is 2. The Morgan fingerprint density at radius 3 is 2.78 bits per heavy atom. The zero-order valence-electron chi connectivity index (χ0n) is 16.6. The predicted molar refractivity (Wildman–Crippen MR) is 110 cm³/mol. The molecule has 1 atom stereocenters. The lowest BCUT2D eigenvalue weighted by atomic mass is 10.1. The summed E-state index contributed by atoms with van der Waals surface area (Å²) in [7, 11) is 7.81. The summed E-state index contributed by atoms with van der Waals surface area (Å²) in [6.07, 6.45) is 5.68. The molecule has 0 spiro atoms. The molecule has 0 aliphatic carbocycles. The number of ether oxygens (including phenoxy) is 1. The second-order valence-corrected chi connectivity index (χ2v) is 6.44. The minimum atomic E-state index is 0.195. The third-order valence-corrected chi connectivity index (χ3v) is 4.20. The molecule has 0 fully saturated rings. The van der Waals surface area contributed by atoms with Crippen molar-refractivity contribution in [1.82, 2.24) is 25.3 Å². The first-order valence-electron chi connectivity index (χ1n) is 8.96. The van der Waals surface area contributed by atoms with Gasteiger partial charge in [-0.15, -0.1) is 0 Å². The van der Waals surface area contributed by atoms with Gasteiger partial charge in [0.05, 0.1) is 12.2 Å². The molecular weight excluding hydrogens is 340 g/mol. The Morgan fingerprint density at radius 1 is 1.37 bits per heavy atom. The number of hydrogen-bond acceptors (Lipinski definition) is 4. The molecule has 2 aromatic rings. The zero-order chi connectivity index (χ0) is 19.6. The van der Waals surface area contributed by atoms with Crippen molar-refractivity contribution >= 4 is 5.96 Å². The molecule has 0 saturated carbocycles. The van der Waals surface area contributed by atoms with Gasteiger partial charge >= 0.3 is 0 Å². The summed E-state index contributed by atoms with van der Waals surface area (Å²) < 4.78 is 7.53. The number of likely N-dealkylation sites (N-methyl/N-ethyl adjacent to an activating group) is 1.